The van der Waals surface area contributed by atoms with Crippen molar-refractivity contribution in [3.63, 3.8) is 0 Å². The van der Waals surface area contributed by atoms with Crippen molar-refractivity contribution < 1.29 is 19.4 Å². The molecular weight excluding hydrogens is 599 g/mol. The van der Waals surface area contributed by atoms with E-state index in [9.17, 15) is 9.90 Å². The molecule has 3 aromatic rings. The third-order valence-electron chi connectivity index (χ3n) is 4.16. The van der Waals surface area contributed by atoms with Crippen LogP contribution in [0.1, 0.15) is 21.5 Å². The normalized spacial score (nSPS) is 10.8. The topological polar surface area (TPSA) is 80.2 Å². The number of phenols is 1. The molecule has 0 heterocycles. The fraction of sp³-hybridized carbons (Fsp3) is 0.0909. The summed E-state index contributed by atoms with van der Waals surface area (Å²) in [5.41, 5.74) is 4.07. The van der Waals surface area contributed by atoms with Crippen molar-refractivity contribution in [2.75, 3.05) is 7.11 Å². The average molecular weight is 616 g/mol. The van der Waals surface area contributed by atoms with Gasteiger partial charge in [-0.25, -0.2) is 5.43 Å². The molecule has 3 rings (SSSR count). The van der Waals surface area contributed by atoms with Gasteiger partial charge in [0.25, 0.3) is 5.91 Å². The van der Waals surface area contributed by atoms with E-state index in [1.165, 1.54) is 19.4 Å². The van der Waals surface area contributed by atoms with Gasteiger partial charge in [0.15, 0.2) is 11.5 Å². The molecule has 3 aromatic carbocycles. The van der Waals surface area contributed by atoms with Crippen LogP contribution in [0.25, 0.3) is 0 Å². The summed E-state index contributed by atoms with van der Waals surface area (Å²) in [6.45, 7) is 0.275. The Morgan fingerprint density at radius 2 is 2.03 bits per heavy atom. The number of hydrogen-bond donors (Lipinski definition) is 2. The number of nitrogens with one attached hydrogen (secondary N) is 1. The minimum atomic E-state index is -0.516. The molecular formula is C22H17BrClIN2O4. The van der Waals surface area contributed by atoms with Gasteiger partial charge in [-0.15, -0.1) is 0 Å². The Labute approximate surface area is 206 Å². The molecule has 0 aliphatic heterocycles. The number of aromatic hydroxyl groups is 1. The molecule has 0 atom stereocenters. The number of rotatable bonds is 7. The molecule has 0 spiro atoms. The van der Waals surface area contributed by atoms with Crippen LogP contribution in [-0.2, 0) is 6.61 Å². The number of carbonyl (C=O) groups excluding carboxylic acids is 1. The van der Waals surface area contributed by atoms with E-state index in [0.29, 0.717) is 26.6 Å². The Bertz CT molecular complexity index is 1140. The van der Waals surface area contributed by atoms with E-state index in [0.717, 1.165) is 9.13 Å². The first-order valence-corrected chi connectivity index (χ1v) is 11.2. The molecule has 0 aromatic heterocycles. The summed E-state index contributed by atoms with van der Waals surface area (Å²) in [5.74, 6) is 0.382. The predicted molar refractivity (Wildman–Crippen MR) is 132 cm³/mol. The number of carbonyl (C=O) groups is 1. The predicted octanol–water partition coefficient (Wildman–Crippen LogP) is 5.76. The number of phenolic OH excluding ortho intramolecular Hbond substituents is 1. The van der Waals surface area contributed by atoms with Gasteiger partial charge in [0, 0.05) is 14.2 Å². The second kappa shape index (κ2) is 10.8. The van der Waals surface area contributed by atoms with Crippen LogP contribution in [-0.4, -0.2) is 24.3 Å². The summed E-state index contributed by atoms with van der Waals surface area (Å²) < 4.78 is 12.8. The number of amides is 1. The van der Waals surface area contributed by atoms with Crippen LogP contribution in [0.15, 0.2) is 64.2 Å². The molecule has 6 nitrogen and oxygen atoms in total. The fourth-order valence-electron chi connectivity index (χ4n) is 2.64. The van der Waals surface area contributed by atoms with Crippen molar-refractivity contribution in [3.8, 4) is 17.2 Å². The van der Waals surface area contributed by atoms with E-state index in [1.54, 1.807) is 30.3 Å². The summed E-state index contributed by atoms with van der Waals surface area (Å²) in [7, 11) is 1.53. The Morgan fingerprint density at radius 1 is 1.26 bits per heavy atom. The zero-order chi connectivity index (χ0) is 22.4. The first kappa shape index (κ1) is 23.4. The minimum absolute atomic E-state index is 0.113. The van der Waals surface area contributed by atoms with E-state index in [1.807, 2.05) is 18.2 Å². The number of ether oxygens (including phenoxy) is 2. The molecule has 9 heteroatoms. The molecule has 0 aliphatic rings. The molecule has 160 valence electrons. The van der Waals surface area contributed by atoms with E-state index < -0.39 is 5.91 Å². The number of methoxy groups -OCH3 is 1. The SMILES string of the molecule is COc1cc(/C=N/NC(=O)c2cc(I)ccc2O)cc(Br)c1OCc1ccccc1Cl. The maximum Gasteiger partial charge on any atom is 0.275 e. The highest BCUT2D eigenvalue weighted by atomic mass is 127. The van der Waals surface area contributed by atoms with Gasteiger partial charge in [-0.05, 0) is 80.5 Å². The summed E-state index contributed by atoms with van der Waals surface area (Å²) in [6.07, 6.45) is 1.47. The first-order chi connectivity index (χ1) is 14.9. The molecule has 31 heavy (non-hydrogen) atoms. The third kappa shape index (κ3) is 6.11. The van der Waals surface area contributed by atoms with Crippen LogP contribution in [0.4, 0.5) is 0 Å². The summed E-state index contributed by atoms with van der Waals surface area (Å²) >= 11 is 11.7. The maximum absolute atomic E-state index is 12.2. The van der Waals surface area contributed by atoms with Crippen molar-refractivity contribution in [1.29, 1.82) is 0 Å². The lowest BCUT2D eigenvalue weighted by atomic mass is 10.2. The monoisotopic (exact) mass is 614 g/mol. The summed E-state index contributed by atoms with van der Waals surface area (Å²) in [6, 6.07) is 15.7. The molecule has 1 amide bonds. The standard InChI is InChI=1S/C22H17BrClIN2O4/c1-30-20-9-13(11-26-27-22(29)16-10-15(25)6-7-19(16)28)8-17(23)21(20)31-12-14-4-2-3-5-18(14)24/h2-11,28H,12H2,1H3,(H,27,29)/b26-11+. The van der Waals surface area contributed by atoms with Gasteiger partial charge in [-0.3, -0.25) is 4.79 Å². The zero-order valence-electron chi connectivity index (χ0n) is 16.2. The van der Waals surface area contributed by atoms with Crippen LogP contribution in [0.2, 0.25) is 5.02 Å². The van der Waals surface area contributed by atoms with Gasteiger partial charge in [0.05, 0.1) is 23.4 Å². The minimum Gasteiger partial charge on any atom is -0.507 e. The van der Waals surface area contributed by atoms with E-state index in [4.69, 9.17) is 21.1 Å². The molecule has 2 N–H and O–H groups in total. The van der Waals surface area contributed by atoms with E-state index in [2.05, 4.69) is 49.0 Å². The van der Waals surface area contributed by atoms with Gasteiger partial charge >= 0.3 is 0 Å². The maximum atomic E-state index is 12.2. The van der Waals surface area contributed by atoms with Gasteiger partial charge in [-0.2, -0.15) is 5.10 Å². The largest absolute Gasteiger partial charge is 0.507 e. The van der Waals surface area contributed by atoms with Gasteiger partial charge < -0.3 is 14.6 Å². The molecule has 0 unspecified atom stereocenters. The molecule has 0 radical (unpaired) electrons. The number of hydrazone groups is 1. The van der Waals surface area contributed by atoms with Crippen LogP contribution in [0.3, 0.4) is 0 Å². The number of nitrogens with zero attached hydrogens (tertiary/aromatic N) is 1. The molecule has 0 bridgehead atoms. The second-order valence-electron chi connectivity index (χ2n) is 6.27. The van der Waals surface area contributed by atoms with Gasteiger partial charge in [0.1, 0.15) is 12.4 Å². The number of hydrogen-bond acceptors (Lipinski definition) is 5. The summed E-state index contributed by atoms with van der Waals surface area (Å²) in [5, 5.41) is 14.4. The van der Waals surface area contributed by atoms with Crippen molar-refractivity contribution in [3.05, 3.63) is 84.4 Å². The highest BCUT2D eigenvalue weighted by molar-refractivity contribution is 14.1. The fourth-order valence-corrected chi connectivity index (χ4v) is 3.89. The number of benzene rings is 3. The van der Waals surface area contributed by atoms with Crippen LogP contribution >= 0.6 is 50.1 Å². The van der Waals surface area contributed by atoms with Crippen molar-refractivity contribution in [2.45, 2.75) is 6.61 Å². The lowest BCUT2D eigenvalue weighted by molar-refractivity contribution is 0.0952. The zero-order valence-corrected chi connectivity index (χ0v) is 20.7. The van der Waals surface area contributed by atoms with E-state index in [-0.39, 0.29) is 17.9 Å². The Hall–Kier alpha value is -2.30. The lowest BCUT2D eigenvalue weighted by Crippen LogP contribution is -2.17. The Morgan fingerprint density at radius 3 is 2.77 bits per heavy atom. The van der Waals surface area contributed by atoms with Crippen molar-refractivity contribution in [1.82, 2.24) is 5.43 Å². The quantitative estimate of drug-likeness (QED) is 0.201. The van der Waals surface area contributed by atoms with Gasteiger partial charge in [-0.1, -0.05) is 29.8 Å². The molecule has 0 saturated heterocycles. The van der Waals surface area contributed by atoms with Crippen LogP contribution in [0, 0.1) is 3.57 Å². The summed E-state index contributed by atoms with van der Waals surface area (Å²) in [4.78, 5) is 12.2. The second-order valence-corrected chi connectivity index (χ2v) is 8.78. The highest BCUT2D eigenvalue weighted by Gasteiger charge is 2.13. The van der Waals surface area contributed by atoms with E-state index >= 15 is 0 Å². The third-order valence-corrected chi connectivity index (χ3v) is 5.79. The van der Waals surface area contributed by atoms with Crippen LogP contribution < -0.4 is 14.9 Å². The Kier molecular flexibility index (Phi) is 8.16. The molecule has 0 saturated carbocycles. The Balaban J connectivity index is 1.72. The lowest BCUT2D eigenvalue weighted by Gasteiger charge is -2.14. The molecule has 0 fully saturated rings. The van der Waals surface area contributed by atoms with Crippen LogP contribution in [0.5, 0.6) is 17.2 Å². The van der Waals surface area contributed by atoms with Crippen molar-refractivity contribution >= 4 is 62.2 Å². The number of halogens is 3. The smallest absolute Gasteiger partial charge is 0.275 e. The van der Waals surface area contributed by atoms with Crippen molar-refractivity contribution in [2.24, 2.45) is 5.10 Å². The average Bonchev–Trinajstić information content (AvgIpc) is 2.75. The highest BCUT2D eigenvalue weighted by Crippen LogP contribution is 2.37. The first-order valence-electron chi connectivity index (χ1n) is 8.94. The molecule has 0 aliphatic carbocycles. The van der Waals surface area contributed by atoms with Gasteiger partial charge in [0.2, 0.25) is 0 Å².